The van der Waals surface area contributed by atoms with E-state index in [0.29, 0.717) is 12.2 Å². The first kappa shape index (κ1) is 13.8. The molecule has 0 radical (unpaired) electrons. The Hall–Kier alpha value is -1.66. The van der Waals surface area contributed by atoms with Crippen LogP contribution in [0, 0.1) is 10.1 Å². The van der Waals surface area contributed by atoms with Crippen molar-refractivity contribution in [2.75, 3.05) is 18.5 Å². The Morgan fingerprint density at radius 2 is 1.95 bits per heavy atom. The highest BCUT2D eigenvalue weighted by Crippen LogP contribution is 2.28. The van der Waals surface area contributed by atoms with Gasteiger partial charge < -0.3 is 5.43 Å². The molecule has 104 valence electrons. The van der Waals surface area contributed by atoms with E-state index in [0.717, 1.165) is 18.7 Å². The number of benzene rings is 1. The van der Waals surface area contributed by atoms with Crippen molar-refractivity contribution in [1.82, 2.24) is 4.90 Å². The van der Waals surface area contributed by atoms with E-state index in [2.05, 4.69) is 10.3 Å². The Kier molecular flexibility index (Phi) is 4.70. The van der Waals surface area contributed by atoms with Crippen molar-refractivity contribution < 1.29 is 4.92 Å². The Labute approximate surface area is 112 Å². The monoisotopic (exact) mass is 264 g/mol. The average molecular weight is 264 g/mol. The van der Waals surface area contributed by atoms with Gasteiger partial charge in [0, 0.05) is 12.6 Å². The van der Waals surface area contributed by atoms with Gasteiger partial charge in [0.05, 0.1) is 4.92 Å². The molecule has 0 aliphatic carbocycles. The molecule has 6 nitrogen and oxygen atoms in total. The van der Waals surface area contributed by atoms with Crippen LogP contribution >= 0.6 is 0 Å². The number of nitrogens with two attached hydrogens (primary N) is 1. The number of anilines is 1. The molecule has 19 heavy (non-hydrogen) atoms. The molecule has 1 heterocycles. The van der Waals surface area contributed by atoms with Gasteiger partial charge in [-0.25, -0.2) is 0 Å². The zero-order chi connectivity index (χ0) is 13.7. The fourth-order valence-electron chi connectivity index (χ4n) is 2.57. The predicted octanol–water partition coefficient (Wildman–Crippen LogP) is 2.26. The van der Waals surface area contributed by atoms with Gasteiger partial charge in [-0.05, 0) is 31.5 Å². The number of rotatable bonds is 4. The largest absolute Gasteiger partial charge is 0.318 e. The Balaban J connectivity index is 2.19. The van der Waals surface area contributed by atoms with E-state index in [1.165, 1.54) is 31.7 Å². The number of hydrazine groups is 1. The molecule has 0 unspecified atom stereocenters. The third-order valence-corrected chi connectivity index (χ3v) is 3.56. The van der Waals surface area contributed by atoms with Crippen LogP contribution in [0.2, 0.25) is 0 Å². The summed E-state index contributed by atoms with van der Waals surface area (Å²) < 4.78 is 0. The number of likely N-dealkylation sites (tertiary alicyclic amines) is 1. The van der Waals surface area contributed by atoms with E-state index in [4.69, 9.17) is 5.84 Å². The number of nitro groups is 1. The molecule has 0 bridgehead atoms. The van der Waals surface area contributed by atoms with Gasteiger partial charge in [-0.2, -0.15) is 0 Å². The van der Waals surface area contributed by atoms with E-state index in [1.54, 1.807) is 6.07 Å². The van der Waals surface area contributed by atoms with Crippen molar-refractivity contribution in [3.63, 3.8) is 0 Å². The molecule has 1 aliphatic heterocycles. The zero-order valence-electron chi connectivity index (χ0n) is 11.0. The normalized spacial score (nSPS) is 16.9. The van der Waals surface area contributed by atoms with E-state index < -0.39 is 4.92 Å². The molecule has 2 rings (SSSR count). The summed E-state index contributed by atoms with van der Waals surface area (Å²) in [6.07, 6.45) is 4.93. The number of nitrogens with zero attached hydrogens (tertiary/aromatic N) is 2. The maximum absolute atomic E-state index is 11.0. The Bertz CT molecular complexity index is 442. The van der Waals surface area contributed by atoms with Gasteiger partial charge >= 0.3 is 0 Å². The second-order valence-corrected chi connectivity index (χ2v) is 4.90. The minimum absolute atomic E-state index is 0.0369. The smallest absolute Gasteiger partial charge is 0.293 e. The summed E-state index contributed by atoms with van der Waals surface area (Å²) >= 11 is 0. The molecule has 1 fully saturated rings. The van der Waals surface area contributed by atoms with Crippen LogP contribution in [-0.4, -0.2) is 22.9 Å². The van der Waals surface area contributed by atoms with E-state index in [9.17, 15) is 10.1 Å². The quantitative estimate of drug-likeness (QED) is 0.495. The molecular weight excluding hydrogens is 244 g/mol. The van der Waals surface area contributed by atoms with Crippen molar-refractivity contribution in [1.29, 1.82) is 0 Å². The summed E-state index contributed by atoms with van der Waals surface area (Å²) in [6.45, 7) is 2.81. The third kappa shape index (κ3) is 3.42. The molecule has 1 aromatic rings. The summed E-state index contributed by atoms with van der Waals surface area (Å²) in [4.78, 5) is 12.9. The molecule has 0 aromatic heterocycles. The van der Waals surface area contributed by atoms with Gasteiger partial charge in [0.25, 0.3) is 5.69 Å². The van der Waals surface area contributed by atoms with Gasteiger partial charge in [-0.1, -0.05) is 25.0 Å². The number of nitrogens with one attached hydrogen (secondary N) is 1. The van der Waals surface area contributed by atoms with Crippen LogP contribution in [0.4, 0.5) is 11.4 Å². The second kappa shape index (κ2) is 6.49. The molecule has 0 spiro atoms. The number of nitrogen functional groups attached to an aromatic ring is 1. The van der Waals surface area contributed by atoms with Crippen LogP contribution in [-0.2, 0) is 6.54 Å². The highest BCUT2D eigenvalue weighted by Gasteiger charge is 2.18. The van der Waals surface area contributed by atoms with Gasteiger partial charge in [-0.3, -0.25) is 20.9 Å². The first-order chi connectivity index (χ1) is 9.22. The fourth-order valence-corrected chi connectivity index (χ4v) is 2.57. The molecule has 1 saturated heterocycles. The first-order valence-electron chi connectivity index (χ1n) is 6.67. The topological polar surface area (TPSA) is 84.4 Å². The molecule has 1 aromatic carbocycles. The summed E-state index contributed by atoms with van der Waals surface area (Å²) in [5.74, 6) is 5.45. The van der Waals surface area contributed by atoms with Crippen molar-refractivity contribution in [2.45, 2.75) is 32.2 Å². The van der Waals surface area contributed by atoms with Crippen LogP contribution in [0.25, 0.3) is 0 Å². The van der Waals surface area contributed by atoms with Crippen molar-refractivity contribution in [3.05, 3.63) is 33.9 Å². The van der Waals surface area contributed by atoms with Crippen molar-refractivity contribution >= 4 is 11.4 Å². The summed E-state index contributed by atoms with van der Waals surface area (Å²) in [6, 6.07) is 5.08. The predicted molar refractivity (Wildman–Crippen MR) is 74.7 cm³/mol. The number of hydrogen-bond acceptors (Lipinski definition) is 5. The highest BCUT2D eigenvalue weighted by atomic mass is 16.6. The Morgan fingerprint density at radius 1 is 1.26 bits per heavy atom. The van der Waals surface area contributed by atoms with E-state index in [-0.39, 0.29) is 5.69 Å². The standard InChI is InChI=1S/C13H20N4O2/c14-15-13-11(6-5-7-12(13)17(18)19)10-16-8-3-1-2-4-9-16/h5-7,15H,1-4,8-10,14H2. The molecule has 0 saturated carbocycles. The van der Waals surface area contributed by atoms with Crippen LogP contribution < -0.4 is 11.3 Å². The summed E-state index contributed by atoms with van der Waals surface area (Å²) in [5, 5.41) is 11.0. The van der Waals surface area contributed by atoms with Crippen LogP contribution in [0.1, 0.15) is 31.2 Å². The van der Waals surface area contributed by atoms with Crippen LogP contribution in [0.3, 0.4) is 0 Å². The lowest BCUT2D eigenvalue weighted by atomic mass is 10.1. The van der Waals surface area contributed by atoms with Gasteiger partial charge in [0.2, 0.25) is 0 Å². The lowest BCUT2D eigenvalue weighted by molar-refractivity contribution is -0.384. The molecular formula is C13H20N4O2. The molecule has 1 aliphatic rings. The van der Waals surface area contributed by atoms with Crippen LogP contribution in [0.15, 0.2) is 18.2 Å². The van der Waals surface area contributed by atoms with E-state index >= 15 is 0 Å². The van der Waals surface area contributed by atoms with E-state index in [1.807, 2.05) is 6.07 Å². The SMILES string of the molecule is NNc1c(CN2CCCCCC2)cccc1[N+](=O)[O-]. The number of nitro benzene ring substituents is 1. The highest BCUT2D eigenvalue weighted by molar-refractivity contribution is 5.65. The van der Waals surface area contributed by atoms with Gasteiger partial charge in [-0.15, -0.1) is 0 Å². The number of hydrogen-bond donors (Lipinski definition) is 2. The minimum atomic E-state index is -0.402. The average Bonchev–Trinajstić information content (AvgIpc) is 2.67. The van der Waals surface area contributed by atoms with Gasteiger partial charge in [0.15, 0.2) is 0 Å². The maximum Gasteiger partial charge on any atom is 0.293 e. The lowest BCUT2D eigenvalue weighted by Gasteiger charge is -2.21. The number of para-hydroxylation sites is 1. The second-order valence-electron chi connectivity index (χ2n) is 4.90. The summed E-state index contributed by atoms with van der Waals surface area (Å²) in [7, 11) is 0. The zero-order valence-corrected chi connectivity index (χ0v) is 11.0. The van der Waals surface area contributed by atoms with Crippen LogP contribution in [0.5, 0.6) is 0 Å². The minimum Gasteiger partial charge on any atom is -0.318 e. The summed E-state index contributed by atoms with van der Waals surface area (Å²) in [5.41, 5.74) is 3.83. The van der Waals surface area contributed by atoms with Gasteiger partial charge in [0.1, 0.15) is 5.69 Å². The fraction of sp³-hybridized carbons (Fsp3) is 0.538. The molecule has 3 N–H and O–H groups in total. The third-order valence-electron chi connectivity index (χ3n) is 3.56. The van der Waals surface area contributed by atoms with Crippen molar-refractivity contribution in [2.24, 2.45) is 5.84 Å². The molecule has 6 heteroatoms. The maximum atomic E-state index is 11.0. The Morgan fingerprint density at radius 3 is 2.53 bits per heavy atom. The van der Waals surface area contributed by atoms with Crippen molar-refractivity contribution in [3.8, 4) is 0 Å². The first-order valence-corrected chi connectivity index (χ1v) is 6.67. The molecule has 0 atom stereocenters. The molecule has 0 amide bonds. The lowest BCUT2D eigenvalue weighted by Crippen LogP contribution is -2.25.